The Morgan fingerprint density at radius 2 is 1.33 bits per heavy atom. The zero-order chi connectivity index (χ0) is 41.9. The van der Waals surface area contributed by atoms with Crippen molar-refractivity contribution in [1.29, 1.82) is 0 Å². The summed E-state index contributed by atoms with van der Waals surface area (Å²) in [6.45, 7) is 2.75. The Balaban J connectivity index is 1.05. The predicted octanol–water partition coefficient (Wildman–Crippen LogP) is 9.50. The van der Waals surface area contributed by atoms with Gasteiger partial charge < -0.3 is 14.8 Å². The highest BCUT2D eigenvalue weighted by atomic mass is 19.1. The number of hydrogen-bond donors (Lipinski definition) is 1. The van der Waals surface area contributed by atoms with E-state index >= 15 is 0 Å². The maximum Gasteiger partial charge on any atom is 0.261 e. The van der Waals surface area contributed by atoms with Crippen LogP contribution < -0.4 is 14.8 Å². The van der Waals surface area contributed by atoms with Gasteiger partial charge in [0.25, 0.3) is 11.8 Å². The molecule has 1 N–H and O–H groups in total. The number of unbranched alkanes of at least 4 members (excludes halogenated alkanes) is 1. The van der Waals surface area contributed by atoms with Gasteiger partial charge in [-0.3, -0.25) is 24.2 Å². The number of nitrogens with zero attached hydrogens (tertiary/aromatic N) is 2. The molecule has 0 aromatic heterocycles. The van der Waals surface area contributed by atoms with Crippen LogP contribution in [-0.2, 0) is 23.1 Å². The zero-order valence-electron chi connectivity index (χ0n) is 34.8. The molecule has 0 fully saturated rings. The molecule has 0 saturated carbocycles. The molecule has 1 atom stereocenters. The monoisotopic (exact) mass is 809 g/mol. The molecule has 8 nitrogen and oxygen atoms in total. The van der Waals surface area contributed by atoms with Gasteiger partial charge in [0.05, 0.1) is 25.3 Å². The molecule has 2 aliphatic rings. The Labute approximate surface area is 353 Å². The van der Waals surface area contributed by atoms with E-state index in [1.807, 2.05) is 0 Å². The first-order valence-electron chi connectivity index (χ1n) is 21.4. The lowest BCUT2D eigenvalue weighted by molar-refractivity contribution is -0.121. The number of halogens is 1. The highest BCUT2D eigenvalue weighted by Gasteiger charge is 2.36. The summed E-state index contributed by atoms with van der Waals surface area (Å²) in [4.78, 5) is 43.1. The molecule has 1 unspecified atom stereocenters. The summed E-state index contributed by atoms with van der Waals surface area (Å²) in [5, 5.41) is 3.15. The summed E-state index contributed by atoms with van der Waals surface area (Å²) in [5.41, 5.74) is 6.69. The molecule has 2 aliphatic heterocycles. The minimum Gasteiger partial charge on any atom is -0.493 e. The highest BCUT2D eigenvalue weighted by molar-refractivity contribution is 6.21. The van der Waals surface area contributed by atoms with Crippen LogP contribution in [0.1, 0.15) is 106 Å². The molecular weight excluding hydrogens is 754 g/mol. The lowest BCUT2D eigenvalue weighted by atomic mass is 9.68. The van der Waals surface area contributed by atoms with Crippen LogP contribution >= 0.6 is 0 Å². The number of ether oxygens (including phenoxy) is 2. The molecule has 312 valence electrons. The third-order valence-corrected chi connectivity index (χ3v) is 12.5. The van der Waals surface area contributed by atoms with E-state index in [0.29, 0.717) is 49.2 Å². The average Bonchev–Trinajstić information content (AvgIpc) is 3.53. The van der Waals surface area contributed by atoms with Gasteiger partial charge in [-0.1, -0.05) is 84.9 Å². The van der Waals surface area contributed by atoms with Gasteiger partial charge in [0.15, 0.2) is 11.5 Å². The minimum atomic E-state index is -0.277. The van der Waals surface area contributed by atoms with Gasteiger partial charge in [0.1, 0.15) is 5.82 Å². The van der Waals surface area contributed by atoms with E-state index in [0.717, 1.165) is 69.3 Å². The Morgan fingerprint density at radius 1 is 0.733 bits per heavy atom. The molecule has 9 heteroatoms. The lowest BCUT2D eigenvalue weighted by Gasteiger charge is -2.40. The van der Waals surface area contributed by atoms with Crippen molar-refractivity contribution in [3.05, 3.63) is 166 Å². The van der Waals surface area contributed by atoms with Crippen molar-refractivity contribution in [1.82, 2.24) is 15.1 Å². The molecule has 7 rings (SSSR count). The minimum absolute atomic E-state index is 0.00116. The molecule has 0 bridgehead atoms. The first-order chi connectivity index (χ1) is 29.3. The van der Waals surface area contributed by atoms with Gasteiger partial charge in [-0.15, -0.1) is 0 Å². The normalized spacial score (nSPS) is 15.1. The SMILES string of the molecule is COc1cc2c(cc1OC)C(CCCCN1C(=O)c3ccccc3C1=O)N(CCCC(CCCNC(=O)CCc1ccc(F)cc1)(c1ccccc1)c1ccccc1)CC2. The molecule has 3 amide bonds. The van der Waals surface area contributed by atoms with Gasteiger partial charge in [0.2, 0.25) is 5.91 Å². The molecule has 0 aliphatic carbocycles. The largest absolute Gasteiger partial charge is 0.493 e. The second kappa shape index (κ2) is 20.0. The van der Waals surface area contributed by atoms with Crippen LogP contribution in [0.25, 0.3) is 0 Å². The standard InChI is InChI=1S/C51H56FN3O5/c1-59-46-35-38-28-34-54(45(44(38)36-47(46)60-2)21-11-12-33-55-49(57)42-19-9-10-20-43(42)50(55)58)32-14-30-51(39-15-5-3-6-16-39,40-17-7-4-8-18-40)29-13-31-53-48(56)27-24-37-22-25-41(52)26-23-37/h3-10,15-20,22-23,25-26,35-36,45H,11-14,21,24,27-34H2,1-2H3,(H,53,56). The number of rotatable bonds is 20. The second-order valence-corrected chi connectivity index (χ2v) is 16.0. The summed E-state index contributed by atoms with van der Waals surface area (Å²) in [5.74, 6) is 0.751. The highest BCUT2D eigenvalue weighted by Crippen LogP contribution is 2.43. The molecule has 0 saturated heterocycles. The van der Waals surface area contributed by atoms with Crippen molar-refractivity contribution in [2.24, 2.45) is 0 Å². The van der Waals surface area contributed by atoms with E-state index in [-0.39, 0.29) is 35.0 Å². The number of carbonyl (C=O) groups excluding carboxylic acids is 3. The van der Waals surface area contributed by atoms with Crippen molar-refractivity contribution in [2.45, 2.75) is 75.7 Å². The molecule has 0 spiro atoms. The number of methoxy groups -OCH3 is 2. The fourth-order valence-corrected chi connectivity index (χ4v) is 9.32. The van der Waals surface area contributed by atoms with E-state index in [4.69, 9.17) is 9.47 Å². The van der Waals surface area contributed by atoms with E-state index in [1.54, 1.807) is 50.6 Å². The maximum atomic E-state index is 13.4. The number of aryl methyl sites for hydroxylation is 1. The third-order valence-electron chi connectivity index (χ3n) is 12.5. The summed E-state index contributed by atoms with van der Waals surface area (Å²) in [6.07, 6.45) is 7.78. The molecule has 0 radical (unpaired) electrons. The number of hydrogen-bond acceptors (Lipinski definition) is 6. The van der Waals surface area contributed by atoms with E-state index in [2.05, 4.69) is 83.0 Å². The van der Waals surface area contributed by atoms with Crippen molar-refractivity contribution in [3.8, 4) is 11.5 Å². The first-order valence-corrected chi connectivity index (χ1v) is 21.4. The van der Waals surface area contributed by atoms with Crippen molar-refractivity contribution in [2.75, 3.05) is 40.4 Å². The Kier molecular flexibility index (Phi) is 14.1. The maximum absolute atomic E-state index is 13.4. The fraction of sp³-hybridized carbons (Fsp3) is 0.353. The van der Waals surface area contributed by atoms with Crippen molar-refractivity contribution < 1.29 is 28.2 Å². The second-order valence-electron chi connectivity index (χ2n) is 16.0. The molecular formula is C51H56FN3O5. The summed E-state index contributed by atoms with van der Waals surface area (Å²) in [7, 11) is 3.35. The van der Waals surface area contributed by atoms with Crippen LogP contribution in [0.2, 0.25) is 0 Å². The number of nitrogens with one attached hydrogen (secondary N) is 1. The molecule has 5 aromatic carbocycles. The number of benzene rings is 5. The van der Waals surface area contributed by atoms with Gasteiger partial charge in [-0.05, 0) is 129 Å². The van der Waals surface area contributed by atoms with E-state index in [9.17, 15) is 18.8 Å². The number of carbonyl (C=O) groups is 3. The van der Waals surface area contributed by atoms with Crippen LogP contribution in [0.3, 0.4) is 0 Å². The van der Waals surface area contributed by atoms with Crippen LogP contribution in [0.5, 0.6) is 11.5 Å². The molecule has 5 aromatic rings. The van der Waals surface area contributed by atoms with Gasteiger partial charge in [-0.2, -0.15) is 0 Å². The average molecular weight is 810 g/mol. The lowest BCUT2D eigenvalue weighted by Crippen LogP contribution is -2.38. The van der Waals surface area contributed by atoms with Crippen LogP contribution in [-0.4, -0.2) is 67.9 Å². The van der Waals surface area contributed by atoms with E-state index in [1.165, 1.54) is 39.3 Å². The Morgan fingerprint density at radius 3 is 1.97 bits per heavy atom. The van der Waals surface area contributed by atoms with Crippen molar-refractivity contribution in [3.63, 3.8) is 0 Å². The van der Waals surface area contributed by atoms with Crippen LogP contribution in [0.4, 0.5) is 4.39 Å². The van der Waals surface area contributed by atoms with E-state index < -0.39 is 0 Å². The quantitative estimate of drug-likeness (QED) is 0.0623. The Hall–Kier alpha value is -5.80. The number of amides is 3. The topological polar surface area (TPSA) is 88.2 Å². The fourth-order valence-electron chi connectivity index (χ4n) is 9.32. The summed E-state index contributed by atoms with van der Waals surface area (Å²) in [6, 6.07) is 39.3. The van der Waals surface area contributed by atoms with Crippen LogP contribution in [0, 0.1) is 5.82 Å². The molecule has 2 heterocycles. The zero-order valence-corrected chi connectivity index (χ0v) is 34.8. The summed E-state index contributed by atoms with van der Waals surface area (Å²) >= 11 is 0. The van der Waals surface area contributed by atoms with Gasteiger partial charge >= 0.3 is 0 Å². The smallest absolute Gasteiger partial charge is 0.261 e. The molecule has 60 heavy (non-hydrogen) atoms. The van der Waals surface area contributed by atoms with Gasteiger partial charge in [-0.25, -0.2) is 4.39 Å². The Bertz CT molecular complexity index is 2160. The van der Waals surface area contributed by atoms with Crippen LogP contribution in [0.15, 0.2) is 121 Å². The summed E-state index contributed by atoms with van der Waals surface area (Å²) < 4.78 is 24.9. The first kappa shape index (κ1) is 42.3. The van der Waals surface area contributed by atoms with Gasteiger partial charge in [0, 0.05) is 37.5 Å². The number of fused-ring (bicyclic) bond motifs is 2. The predicted molar refractivity (Wildman–Crippen MR) is 233 cm³/mol. The number of imide groups is 1. The third kappa shape index (κ3) is 9.63. The van der Waals surface area contributed by atoms with Crippen molar-refractivity contribution >= 4 is 17.7 Å².